The minimum Gasteiger partial charge on any atom is -0.333 e. The van der Waals surface area contributed by atoms with E-state index in [4.69, 9.17) is 34.8 Å². The molecule has 4 rings (SSSR count). The Balaban J connectivity index is 1.99. The lowest BCUT2D eigenvalue weighted by atomic mass is 9.81. The zero-order valence-corrected chi connectivity index (χ0v) is 18.5. The number of nitrogens with one attached hydrogen (secondary N) is 1. The monoisotopic (exact) mass is 460 g/mol. The quantitative estimate of drug-likeness (QED) is 0.553. The highest BCUT2D eigenvalue weighted by Crippen LogP contribution is 2.45. The zero-order valence-electron chi connectivity index (χ0n) is 16.3. The fourth-order valence-corrected chi connectivity index (χ4v) is 4.84. The molecule has 0 bridgehead atoms. The van der Waals surface area contributed by atoms with Gasteiger partial charge in [-0.1, -0.05) is 72.4 Å². The first-order valence-electron chi connectivity index (χ1n) is 9.69. The fourth-order valence-electron chi connectivity index (χ4n) is 4.04. The van der Waals surface area contributed by atoms with Gasteiger partial charge in [0.25, 0.3) is 0 Å². The second kappa shape index (κ2) is 8.46. The van der Waals surface area contributed by atoms with E-state index in [0.717, 1.165) is 28.7 Å². The molecule has 0 atom stereocenters. The Bertz CT molecular complexity index is 1100. The largest absolute Gasteiger partial charge is 0.333 e. The summed E-state index contributed by atoms with van der Waals surface area (Å²) in [5, 5.41) is 4.13. The number of amides is 2. The summed E-state index contributed by atoms with van der Waals surface area (Å²) >= 11 is 19.3. The van der Waals surface area contributed by atoms with Crippen molar-refractivity contribution in [2.24, 2.45) is 0 Å². The molecule has 1 aliphatic carbocycles. The van der Waals surface area contributed by atoms with Gasteiger partial charge in [-0.15, -0.1) is 0 Å². The number of nitrogens with zero attached hydrogens (tertiary/aromatic N) is 1. The van der Waals surface area contributed by atoms with E-state index >= 15 is 0 Å². The van der Waals surface area contributed by atoms with E-state index < -0.39 is 0 Å². The first-order valence-corrected chi connectivity index (χ1v) is 10.8. The Kier molecular flexibility index (Phi) is 5.92. The molecular formula is C23H19Cl3N2O2. The van der Waals surface area contributed by atoms with Gasteiger partial charge in [0, 0.05) is 34.0 Å². The number of para-hydroxylation sites is 1. The molecule has 2 aromatic rings. The van der Waals surface area contributed by atoms with E-state index in [0.29, 0.717) is 39.4 Å². The van der Waals surface area contributed by atoms with Gasteiger partial charge in [0.1, 0.15) is 0 Å². The Morgan fingerprint density at radius 2 is 1.63 bits per heavy atom. The summed E-state index contributed by atoms with van der Waals surface area (Å²) in [4.78, 5) is 27.5. The van der Waals surface area contributed by atoms with E-state index in [-0.39, 0.29) is 18.2 Å². The van der Waals surface area contributed by atoms with Crippen LogP contribution in [0.3, 0.4) is 0 Å². The molecule has 7 heteroatoms. The van der Waals surface area contributed by atoms with Crippen LogP contribution in [0.15, 0.2) is 59.3 Å². The summed E-state index contributed by atoms with van der Waals surface area (Å²) in [5.41, 5.74) is 4.14. The number of carbonyl (C=O) groups is 2. The lowest BCUT2D eigenvalue weighted by molar-refractivity contribution is -0.115. The van der Waals surface area contributed by atoms with Crippen molar-refractivity contribution in [1.29, 1.82) is 0 Å². The number of Topliss-reactive ketones (excluding diaryl/α,β-unsaturated/α-hetero) is 1. The molecule has 0 fully saturated rings. The van der Waals surface area contributed by atoms with Crippen LogP contribution in [0.2, 0.25) is 15.1 Å². The molecule has 2 aliphatic rings. The van der Waals surface area contributed by atoms with Crippen molar-refractivity contribution in [3.8, 4) is 0 Å². The van der Waals surface area contributed by atoms with Crippen molar-refractivity contribution < 1.29 is 9.59 Å². The SMILES string of the molecule is CCCC1=C(c2ccccc2Cl)C2=C(CC1=O)N(c1c(Cl)cccc1Cl)C(=O)NC2. The van der Waals surface area contributed by atoms with E-state index in [1.807, 2.05) is 25.1 Å². The maximum absolute atomic E-state index is 13.2. The van der Waals surface area contributed by atoms with Crippen molar-refractivity contribution >= 4 is 57.9 Å². The van der Waals surface area contributed by atoms with Crippen LogP contribution >= 0.6 is 34.8 Å². The topological polar surface area (TPSA) is 49.4 Å². The molecule has 1 heterocycles. The van der Waals surface area contributed by atoms with Gasteiger partial charge in [-0.25, -0.2) is 4.79 Å². The van der Waals surface area contributed by atoms with Crippen LogP contribution in [-0.2, 0) is 4.79 Å². The number of rotatable bonds is 4. The number of halogens is 3. The van der Waals surface area contributed by atoms with Crippen LogP contribution in [0.5, 0.6) is 0 Å². The van der Waals surface area contributed by atoms with Gasteiger partial charge in [0.2, 0.25) is 0 Å². The third kappa shape index (κ3) is 3.53. The second-order valence-electron chi connectivity index (χ2n) is 7.17. The number of carbonyl (C=O) groups excluding carboxylic acids is 2. The molecule has 0 unspecified atom stereocenters. The number of hydrogen-bond acceptors (Lipinski definition) is 2. The molecule has 0 spiro atoms. The number of anilines is 1. The van der Waals surface area contributed by atoms with Gasteiger partial charge in [0.05, 0.1) is 22.2 Å². The van der Waals surface area contributed by atoms with Gasteiger partial charge < -0.3 is 5.32 Å². The summed E-state index contributed by atoms with van der Waals surface area (Å²) in [6.07, 6.45) is 1.56. The molecule has 0 radical (unpaired) electrons. The van der Waals surface area contributed by atoms with E-state index in [1.165, 1.54) is 4.90 Å². The summed E-state index contributed by atoms with van der Waals surface area (Å²) in [6.45, 7) is 2.33. The predicted molar refractivity (Wildman–Crippen MR) is 122 cm³/mol. The van der Waals surface area contributed by atoms with Crippen LogP contribution in [-0.4, -0.2) is 18.4 Å². The first kappa shape index (κ1) is 21.0. The van der Waals surface area contributed by atoms with Crippen LogP contribution in [0.1, 0.15) is 31.7 Å². The highest BCUT2D eigenvalue weighted by Gasteiger charge is 2.38. The average Bonchev–Trinajstić information content (AvgIpc) is 2.71. The Labute approximate surface area is 190 Å². The molecule has 1 aliphatic heterocycles. The number of urea groups is 1. The molecule has 2 amide bonds. The van der Waals surface area contributed by atoms with Gasteiger partial charge in [-0.3, -0.25) is 9.69 Å². The number of hydrogen-bond donors (Lipinski definition) is 1. The molecule has 0 saturated carbocycles. The number of ketones is 1. The molecule has 0 aromatic heterocycles. The average molecular weight is 462 g/mol. The smallest absolute Gasteiger partial charge is 0.326 e. The summed E-state index contributed by atoms with van der Waals surface area (Å²) in [7, 11) is 0. The molecular weight excluding hydrogens is 443 g/mol. The van der Waals surface area contributed by atoms with Crippen LogP contribution in [0.4, 0.5) is 10.5 Å². The normalized spacial score (nSPS) is 16.7. The van der Waals surface area contributed by atoms with Crippen LogP contribution in [0.25, 0.3) is 5.57 Å². The lowest BCUT2D eigenvalue weighted by Gasteiger charge is -2.37. The second-order valence-corrected chi connectivity index (χ2v) is 8.39. The highest BCUT2D eigenvalue weighted by molar-refractivity contribution is 6.40. The summed E-state index contributed by atoms with van der Waals surface area (Å²) in [5.74, 6) is -0.0200. The summed E-state index contributed by atoms with van der Waals surface area (Å²) < 4.78 is 0. The van der Waals surface area contributed by atoms with Crippen molar-refractivity contribution in [3.63, 3.8) is 0 Å². The fraction of sp³-hybridized carbons (Fsp3) is 0.217. The molecule has 30 heavy (non-hydrogen) atoms. The van der Waals surface area contributed by atoms with Crippen molar-refractivity contribution in [3.05, 3.63) is 79.9 Å². The van der Waals surface area contributed by atoms with Gasteiger partial charge in [-0.2, -0.15) is 0 Å². The van der Waals surface area contributed by atoms with Crippen molar-refractivity contribution in [2.45, 2.75) is 26.2 Å². The Morgan fingerprint density at radius 3 is 2.30 bits per heavy atom. The molecule has 0 saturated heterocycles. The van der Waals surface area contributed by atoms with Gasteiger partial charge >= 0.3 is 6.03 Å². The van der Waals surface area contributed by atoms with Crippen molar-refractivity contribution in [1.82, 2.24) is 5.32 Å². The van der Waals surface area contributed by atoms with E-state index in [9.17, 15) is 9.59 Å². The maximum atomic E-state index is 13.2. The molecule has 154 valence electrons. The molecule has 1 N–H and O–H groups in total. The number of allylic oxidation sites excluding steroid dienone is 2. The van der Waals surface area contributed by atoms with Crippen LogP contribution in [0, 0.1) is 0 Å². The highest BCUT2D eigenvalue weighted by atomic mass is 35.5. The molecule has 4 nitrogen and oxygen atoms in total. The van der Waals surface area contributed by atoms with Gasteiger partial charge in [-0.05, 0) is 30.2 Å². The lowest BCUT2D eigenvalue weighted by Crippen LogP contribution is -2.47. The standard InChI is InChI=1S/C23H19Cl3N2O2/c1-2-6-14-20(29)11-19-15(21(14)13-7-3-4-8-16(13)24)12-27-23(30)28(19)22-17(25)9-5-10-18(22)26/h3-5,7-10H,2,6,11-12H2,1H3,(H,27,30). The third-order valence-corrected chi connectivity index (χ3v) is 6.25. The molecule has 2 aromatic carbocycles. The maximum Gasteiger partial charge on any atom is 0.326 e. The number of benzene rings is 2. The first-order chi connectivity index (χ1) is 14.4. The van der Waals surface area contributed by atoms with E-state index in [2.05, 4.69) is 5.32 Å². The Hall–Kier alpha value is -2.27. The van der Waals surface area contributed by atoms with E-state index in [1.54, 1.807) is 24.3 Å². The van der Waals surface area contributed by atoms with Crippen molar-refractivity contribution in [2.75, 3.05) is 11.4 Å². The predicted octanol–water partition coefficient (Wildman–Crippen LogP) is 6.66. The minimum absolute atomic E-state index is 0.0200. The van der Waals surface area contributed by atoms with Crippen LogP contribution < -0.4 is 10.2 Å². The third-order valence-electron chi connectivity index (χ3n) is 5.31. The minimum atomic E-state index is -0.367. The Morgan fingerprint density at radius 1 is 0.967 bits per heavy atom. The zero-order chi connectivity index (χ0) is 21.4. The van der Waals surface area contributed by atoms with Gasteiger partial charge in [0.15, 0.2) is 5.78 Å². The summed E-state index contributed by atoms with van der Waals surface area (Å²) in [6, 6.07) is 12.1.